The second-order valence-electron chi connectivity index (χ2n) is 5.05. The smallest absolute Gasteiger partial charge is 0.311 e. The fourth-order valence-corrected chi connectivity index (χ4v) is 2.61. The molecule has 1 N–H and O–H groups in total. The number of anilines is 2. The summed E-state index contributed by atoms with van der Waals surface area (Å²) in [7, 11) is -3.44. The van der Waals surface area contributed by atoms with Gasteiger partial charge >= 0.3 is 5.97 Å². The van der Waals surface area contributed by atoms with Crippen LogP contribution in [0.3, 0.4) is 0 Å². The van der Waals surface area contributed by atoms with Gasteiger partial charge in [0.05, 0.1) is 41.9 Å². The van der Waals surface area contributed by atoms with E-state index in [4.69, 9.17) is 4.74 Å². The van der Waals surface area contributed by atoms with Gasteiger partial charge in [0.1, 0.15) is 0 Å². The van der Waals surface area contributed by atoms with Crippen LogP contribution in [0.25, 0.3) is 0 Å². The number of hydrogen-bond acceptors (Lipinski definition) is 6. The van der Waals surface area contributed by atoms with E-state index >= 15 is 0 Å². The van der Waals surface area contributed by atoms with Crippen LogP contribution in [0.1, 0.15) is 13.3 Å². The molecule has 128 valence electrons. The average molecular weight is 351 g/mol. The van der Waals surface area contributed by atoms with Crippen molar-refractivity contribution >= 4 is 39.0 Å². The largest absolute Gasteiger partial charge is 0.466 e. The highest BCUT2D eigenvalue weighted by Gasteiger charge is 2.31. The summed E-state index contributed by atoms with van der Waals surface area (Å²) in [4.78, 5) is 23.8. The van der Waals surface area contributed by atoms with Gasteiger partial charge in [-0.15, -0.1) is 0 Å². The first-order chi connectivity index (χ1) is 11.2. The third-order valence-corrected chi connectivity index (χ3v) is 3.64. The van der Waals surface area contributed by atoms with Crippen LogP contribution in [0.15, 0.2) is 41.5 Å². The standard InChI is InChI=1S/C15H17N3O5S/c1-4-23-14(19)9-13-10(2)15(20)18(16-13)12-7-5-6-11(8-12)17-24(3,21)22/h5-8,17H,2,4,9H2,1,3H3. The Morgan fingerprint density at radius 3 is 2.75 bits per heavy atom. The van der Waals surface area contributed by atoms with Crippen molar-refractivity contribution in [2.45, 2.75) is 13.3 Å². The van der Waals surface area contributed by atoms with Gasteiger partial charge in [0, 0.05) is 0 Å². The van der Waals surface area contributed by atoms with Gasteiger partial charge in [0.15, 0.2) is 0 Å². The highest BCUT2D eigenvalue weighted by atomic mass is 32.2. The van der Waals surface area contributed by atoms with E-state index in [2.05, 4.69) is 16.4 Å². The molecule has 0 spiro atoms. The Hall–Kier alpha value is -2.68. The van der Waals surface area contributed by atoms with E-state index < -0.39 is 21.9 Å². The lowest BCUT2D eigenvalue weighted by Crippen LogP contribution is -2.21. The summed E-state index contributed by atoms with van der Waals surface area (Å²) in [6.07, 6.45) is 0.869. The van der Waals surface area contributed by atoms with E-state index in [1.54, 1.807) is 25.1 Å². The van der Waals surface area contributed by atoms with Crippen LogP contribution < -0.4 is 9.73 Å². The van der Waals surface area contributed by atoms with Crippen molar-refractivity contribution in [3.8, 4) is 0 Å². The number of nitrogens with zero attached hydrogens (tertiary/aromatic N) is 2. The van der Waals surface area contributed by atoms with Gasteiger partial charge < -0.3 is 4.74 Å². The lowest BCUT2D eigenvalue weighted by molar-refractivity contribution is -0.141. The molecule has 2 rings (SSSR count). The fraction of sp³-hybridized carbons (Fsp3) is 0.267. The number of benzene rings is 1. The Balaban J connectivity index is 2.26. The third kappa shape index (κ3) is 4.19. The minimum Gasteiger partial charge on any atom is -0.466 e. The van der Waals surface area contributed by atoms with Gasteiger partial charge in [-0.05, 0) is 25.1 Å². The predicted octanol–water partition coefficient (Wildman–Crippen LogP) is 1.27. The van der Waals surface area contributed by atoms with Crippen LogP contribution in [0.4, 0.5) is 11.4 Å². The van der Waals surface area contributed by atoms with Gasteiger partial charge in [-0.25, -0.2) is 8.42 Å². The molecule has 24 heavy (non-hydrogen) atoms. The van der Waals surface area contributed by atoms with E-state index in [1.807, 2.05) is 0 Å². The number of amides is 1. The molecule has 0 aromatic heterocycles. The van der Waals surface area contributed by atoms with Crippen molar-refractivity contribution < 1.29 is 22.7 Å². The maximum atomic E-state index is 12.3. The molecule has 1 amide bonds. The van der Waals surface area contributed by atoms with Gasteiger partial charge in [-0.3, -0.25) is 14.3 Å². The first kappa shape index (κ1) is 17.7. The number of nitrogens with one attached hydrogen (secondary N) is 1. The Labute approximate surface area is 139 Å². The molecule has 1 aliphatic rings. The maximum Gasteiger partial charge on any atom is 0.311 e. The van der Waals surface area contributed by atoms with Crippen molar-refractivity contribution in [1.29, 1.82) is 0 Å². The second-order valence-corrected chi connectivity index (χ2v) is 6.80. The Bertz CT molecular complexity index is 829. The molecule has 1 aliphatic heterocycles. The van der Waals surface area contributed by atoms with Crippen molar-refractivity contribution in [2.24, 2.45) is 5.10 Å². The Morgan fingerprint density at radius 1 is 1.42 bits per heavy atom. The SMILES string of the molecule is C=C1C(=O)N(c2cccc(NS(C)(=O)=O)c2)N=C1CC(=O)OCC. The highest BCUT2D eigenvalue weighted by molar-refractivity contribution is 7.92. The Kier molecular flexibility index (Phi) is 5.03. The number of hydrazone groups is 1. The van der Waals surface area contributed by atoms with Gasteiger partial charge in [0.2, 0.25) is 10.0 Å². The molecular weight excluding hydrogens is 334 g/mol. The number of ether oxygens (including phenoxy) is 1. The summed E-state index contributed by atoms with van der Waals surface area (Å²) in [6.45, 7) is 5.56. The van der Waals surface area contributed by atoms with Crippen molar-refractivity contribution in [3.05, 3.63) is 36.4 Å². The number of rotatable bonds is 6. The zero-order valence-corrected chi connectivity index (χ0v) is 14.1. The van der Waals surface area contributed by atoms with Gasteiger partial charge in [-0.1, -0.05) is 12.6 Å². The van der Waals surface area contributed by atoms with Crippen LogP contribution >= 0.6 is 0 Å². The number of carbonyl (C=O) groups excluding carboxylic acids is 2. The van der Waals surface area contributed by atoms with E-state index in [0.29, 0.717) is 11.4 Å². The van der Waals surface area contributed by atoms with E-state index in [9.17, 15) is 18.0 Å². The number of sulfonamides is 1. The van der Waals surface area contributed by atoms with Crippen LogP contribution in [-0.2, 0) is 24.3 Å². The quantitative estimate of drug-likeness (QED) is 0.614. The average Bonchev–Trinajstić information content (AvgIpc) is 2.74. The highest BCUT2D eigenvalue weighted by Crippen LogP contribution is 2.26. The number of hydrogen-bond donors (Lipinski definition) is 1. The van der Waals surface area contributed by atoms with Crippen LogP contribution in [0.5, 0.6) is 0 Å². The molecule has 0 bridgehead atoms. The van der Waals surface area contributed by atoms with Crippen LogP contribution in [-0.4, -0.2) is 38.9 Å². The monoisotopic (exact) mass is 351 g/mol. The van der Waals surface area contributed by atoms with Crippen molar-refractivity contribution in [1.82, 2.24) is 0 Å². The summed E-state index contributed by atoms with van der Waals surface area (Å²) >= 11 is 0. The van der Waals surface area contributed by atoms with E-state index in [0.717, 1.165) is 11.3 Å². The summed E-state index contributed by atoms with van der Waals surface area (Å²) in [5, 5.41) is 5.18. The normalized spacial score (nSPS) is 14.6. The summed E-state index contributed by atoms with van der Waals surface area (Å²) < 4.78 is 29.8. The fourth-order valence-electron chi connectivity index (χ4n) is 2.06. The molecule has 8 nitrogen and oxygen atoms in total. The van der Waals surface area contributed by atoms with E-state index in [1.165, 1.54) is 6.07 Å². The summed E-state index contributed by atoms with van der Waals surface area (Å²) in [5.74, 6) is -0.981. The second kappa shape index (κ2) is 6.83. The topological polar surface area (TPSA) is 105 Å². The molecule has 9 heteroatoms. The number of carbonyl (C=O) groups is 2. The zero-order valence-electron chi connectivity index (χ0n) is 13.3. The van der Waals surface area contributed by atoms with Crippen LogP contribution in [0, 0.1) is 0 Å². The lowest BCUT2D eigenvalue weighted by Gasteiger charge is -2.13. The Morgan fingerprint density at radius 2 is 2.12 bits per heavy atom. The predicted molar refractivity (Wildman–Crippen MR) is 90.2 cm³/mol. The molecule has 0 radical (unpaired) electrons. The molecule has 1 aromatic carbocycles. The van der Waals surface area contributed by atoms with Crippen molar-refractivity contribution in [2.75, 3.05) is 22.6 Å². The lowest BCUT2D eigenvalue weighted by atomic mass is 10.1. The first-order valence-corrected chi connectivity index (χ1v) is 8.95. The summed E-state index contributed by atoms with van der Waals surface area (Å²) in [5.41, 5.74) is 0.973. The summed E-state index contributed by atoms with van der Waals surface area (Å²) in [6, 6.07) is 6.18. The third-order valence-electron chi connectivity index (χ3n) is 3.03. The maximum absolute atomic E-state index is 12.3. The molecule has 1 heterocycles. The molecule has 0 saturated carbocycles. The van der Waals surface area contributed by atoms with E-state index in [-0.39, 0.29) is 24.3 Å². The molecule has 0 atom stereocenters. The van der Waals surface area contributed by atoms with Crippen molar-refractivity contribution in [3.63, 3.8) is 0 Å². The van der Waals surface area contributed by atoms with Crippen LogP contribution in [0.2, 0.25) is 0 Å². The molecule has 1 aromatic rings. The molecule has 0 saturated heterocycles. The minimum absolute atomic E-state index is 0.101. The first-order valence-electron chi connectivity index (χ1n) is 7.06. The molecule has 0 aliphatic carbocycles. The van der Waals surface area contributed by atoms with Gasteiger partial charge in [0.25, 0.3) is 5.91 Å². The zero-order chi connectivity index (χ0) is 17.9. The number of esters is 1. The molecular formula is C15H17N3O5S. The minimum atomic E-state index is -3.44. The molecule has 0 fully saturated rings. The van der Waals surface area contributed by atoms with Gasteiger partial charge in [-0.2, -0.15) is 10.1 Å². The molecule has 0 unspecified atom stereocenters.